The van der Waals surface area contributed by atoms with Crippen molar-refractivity contribution in [3.8, 4) is 0 Å². The van der Waals surface area contributed by atoms with Crippen LogP contribution in [0.15, 0.2) is 24.4 Å². The van der Waals surface area contributed by atoms with Gasteiger partial charge in [0.2, 0.25) is 0 Å². The molecule has 2 heterocycles. The zero-order valence-corrected chi connectivity index (χ0v) is 13.1. The van der Waals surface area contributed by atoms with Crippen LogP contribution in [0.3, 0.4) is 0 Å². The lowest BCUT2D eigenvalue weighted by molar-refractivity contribution is -0.153. The normalized spacial score (nSPS) is 11.5. The summed E-state index contributed by atoms with van der Waals surface area (Å²) in [6, 6.07) is 4.93. The number of carbonyl (C=O) groups is 2. The summed E-state index contributed by atoms with van der Waals surface area (Å²) in [6.45, 7) is 0.815. The first-order chi connectivity index (χ1) is 11.2. The largest absolute Gasteiger partial charge is 0.465 e. The first-order valence-electron chi connectivity index (χ1n) is 7.18. The predicted molar refractivity (Wildman–Crippen MR) is 78.5 cm³/mol. The molecule has 6 nitrogen and oxygen atoms in total. The zero-order valence-electron chi connectivity index (χ0n) is 13.1. The van der Waals surface area contributed by atoms with E-state index in [2.05, 4.69) is 9.72 Å². The second-order valence-corrected chi connectivity index (χ2v) is 5.04. The Labute approximate surface area is 135 Å². The summed E-state index contributed by atoms with van der Waals surface area (Å²) in [5, 5.41) is 0. The fourth-order valence-electron chi connectivity index (χ4n) is 2.28. The summed E-state index contributed by atoms with van der Waals surface area (Å²) in [4.78, 5) is 28.5. The molecule has 0 saturated carbocycles. The molecule has 0 bridgehead atoms. The van der Waals surface area contributed by atoms with Crippen LogP contribution in [-0.2, 0) is 9.53 Å². The van der Waals surface area contributed by atoms with Crippen LogP contribution in [0.2, 0.25) is 0 Å². The second kappa shape index (κ2) is 6.90. The molecule has 0 saturated heterocycles. The Morgan fingerprint density at radius 2 is 2.04 bits per heavy atom. The van der Waals surface area contributed by atoms with Crippen LogP contribution in [0.4, 0.5) is 13.2 Å². The molecule has 0 N–H and O–H groups in total. The number of halogens is 3. The molecule has 130 valence electrons. The van der Waals surface area contributed by atoms with E-state index in [1.54, 1.807) is 35.7 Å². The van der Waals surface area contributed by atoms with E-state index in [4.69, 9.17) is 0 Å². The third-order valence-electron chi connectivity index (χ3n) is 3.21. The molecule has 0 aromatic carbocycles. The number of aromatic nitrogens is 2. The van der Waals surface area contributed by atoms with Gasteiger partial charge in [-0.25, -0.2) is 4.98 Å². The van der Waals surface area contributed by atoms with Crippen molar-refractivity contribution in [3.05, 3.63) is 35.9 Å². The van der Waals surface area contributed by atoms with Crippen molar-refractivity contribution >= 4 is 17.4 Å². The SMILES string of the molecule is CCOC(=O)CN(CC(F)(F)F)C(=O)c1nc(C)n2ccccc12. The molecule has 0 fully saturated rings. The van der Waals surface area contributed by atoms with Crippen LogP contribution in [0.1, 0.15) is 23.2 Å². The lowest BCUT2D eigenvalue weighted by Gasteiger charge is -2.22. The molecule has 9 heteroatoms. The molecule has 0 unspecified atom stereocenters. The lowest BCUT2D eigenvalue weighted by Crippen LogP contribution is -2.42. The highest BCUT2D eigenvalue weighted by atomic mass is 19.4. The quantitative estimate of drug-likeness (QED) is 0.781. The number of aryl methyl sites for hydroxylation is 1. The summed E-state index contributed by atoms with van der Waals surface area (Å²) in [5.74, 6) is -1.43. The van der Waals surface area contributed by atoms with E-state index in [1.807, 2.05) is 0 Å². The van der Waals surface area contributed by atoms with Crippen molar-refractivity contribution in [1.82, 2.24) is 14.3 Å². The predicted octanol–water partition coefficient (Wildman–Crippen LogP) is 2.21. The van der Waals surface area contributed by atoms with Gasteiger partial charge in [0.1, 0.15) is 18.9 Å². The van der Waals surface area contributed by atoms with E-state index in [1.165, 1.54) is 6.92 Å². The van der Waals surface area contributed by atoms with Gasteiger partial charge in [0, 0.05) is 6.20 Å². The van der Waals surface area contributed by atoms with Crippen LogP contribution in [0.5, 0.6) is 0 Å². The summed E-state index contributed by atoms with van der Waals surface area (Å²) in [6.07, 6.45) is -3.00. The number of nitrogens with zero attached hydrogens (tertiary/aromatic N) is 3. The summed E-state index contributed by atoms with van der Waals surface area (Å²) >= 11 is 0. The molecule has 1 amide bonds. The average Bonchev–Trinajstić information content (AvgIpc) is 2.82. The first kappa shape index (κ1) is 17.8. The van der Waals surface area contributed by atoms with E-state index in [9.17, 15) is 22.8 Å². The van der Waals surface area contributed by atoms with E-state index in [0.717, 1.165) is 0 Å². The summed E-state index contributed by atoms with van der Waals surface area (Å²) < 4.78 is 44.5. The Balaban J connectivity index is 2.36. The Morgan fingerprint density at radius 3 is 2.67 bits per heavy atom. The zero-order chi connectivity index (χ0) is 17.9. The lowest BCUT2D eigenvalue weighted by atomic mass is 10.3. The van der Waals surface area contributed by atoms with E-state index >= 15 is 0 Å². The number of fused-ring (bicyclic) bond motifs is 1. The number of hydrogen-bond acceptors (Lipinski definition) is 4. The van der Waals surface area contributed by atoms with Gasteiger partial charge in [-0.2, -0.15) is 13.2 Å². The molecule has 0 atom stereocenters. The third kappa shape index (κ3) is 4.03. The van der Waals surface area contributed by atoms with Gasteiger partial charge in [0.15, 0.2) is 5.69 Å². The van der Waals surface area contributed by atoms with Crippen LogP contribution in [0, 0.1) is 6.92 Å². The minimum absolute atomic E-state index is 0.0133. The molecule has 0 aliphatic carbocycles. The molecule has 2 aromatic rings. The van der Waals surface area contributed by atoms with Gasteiger partial charge in [-0.3, -0.25) is 9.59 Å². The fraction of sp³-hybridized carbons (Fsp3) is 0.400. The topological polar surface area (TPSA) is 63.9 Å². The minimum Gasteiger partial charge on any atom is -0.465 e. The highest BCUT2D eigenvalue weighted by Crippen LogP contribution is 2.20. The Bertz CT molecular complexity index is 755. The van der Waals surface area contributed by atoms with Gasteiger partial charge >= 0.3 is 12.1 Å². The maximum Gasteiger partial charge on any atom is 0.406 e. The van der Waals surface area contributed by atoms with Crippen LogP contribution in [0.25, 0.3) is 5.52 Å². The van der Waals surface area contributed by atoms with Gasteiger partial charge in [0.25, 0.3) is 5.91 Å². The highest BCUT2D eigenvalue weighted by molar-refractivity contribution is 6.00. The van der Waals surface area contributed by atoms with Crippen LogP contribution in [-0.4, -0.2) is 52.0 Å². The molecule has 2 aromatic heterocycles. The van der Waals surface area contributed by atoms with Crippen molar-refractivity contribution in [1.29, 1.82) is 0 Å². The molecule has 2 rings (SSSR count). The molecule has 0 spiro atoms. The summed E-state index contributed by atoms with van der Waals surface area (Å²) in [7, 11) is 0. The Hall–Kier alpha value is -2.58. The number of pyridine rings is 1. The number of esters is 1. The van der Waals surface area contributed by atoms with Crippen LogP contribution < -0.4 is 0 Å². The van der Waals surface area contributed by atoms with Crippen molar-refractivity contribution in [2.75, 3.05) is 19.7 Å². The standard InChI is InChI=1S/C15H16F3N3O3/c1-3-24-12(22)8-20(9-15(16,17)18)14(23)13-11-6-4-5-7-21(11)10(2)19-13/h4-7H,3,8-9H2,1-2H3. The number of ether oxygens (including phenoxy) is 1. The third-order valence-corrected chi connectivity index (χ3v) is 3.21. The molecule has 0 aliphatic heterocycles. The van der Waals surface area contributed by atoms with Crippen LogP contribution >= 0.6 is 0 Å². The first-order valence-corrected chi connectivity index (χ1v) is 7.18. The summed E-state index contributed by atoms with van der Waals surface area (Å²) in [5.41, 5.74) is 0.234. The molecular formula is C15H16F3N3O3. The van der Waals surface area contributed by atoms with E-state index in [-0.39, 0.29) is 12.3 Å². The van der Waals surface area contributed by atoms with Gasteiger partial charge in [0.05, 0.1) is 12.1 Å². The molecule has 24 heavy (non-hydrogen) atoms. The number of alkyl halides is 3. The average molecular weight is 343 g/mol. The minimum atomic E-state index is -4.65. The van der Waals surface area contributed by atoms with Gasteiger partial charge < -0.3 is 14.0 Å². The fourth-order valence-corrected chi connectivity index (χ4v) is 2.28. The highest BCUT2D eigenvalue weighted by Gasteiger charge is 2.35. The van der Waals surface area contributed by atoms with E-state index in [0.29, 0.717) is 16.2 Å². The number of hydrogen-bond donors (Lipinski definition) is 0. The maximum atomic E-state index is 12.8. The maximum absolute atomic E-state index is 12.8. The van der Waals surface area contributed by atoms with Gasteiger partial charge in [-0.15, -0.1) is 0 Å². The van der Waals surface area contributed by atoms with Gasteiger partial charge in [-0.1, -0.05) is 6.07 Å². The van der Waals surface area contributed by atoms with Crippen molar-refractivity contribution in [3.63, 3.8) is 0 Å². The molecular weight excluding hydrogens is 327 g/mol. The van der Waals surface area contributed by atoms with Crippen molar-refractivity contribution in [2.45, 2.75) is 20.0 Å². The number of rotatable bonds is 5. The van der Waals surface area contributed by atoms with E-state index < -0.39 is 31.1 Å². The monoisotopic (exact) mass is 343 g/mol. The smallest absolute Gasteiger partial charge is 0.406 e. The number of imidazole rings is 1. The molecule has 0 aliphatic rings. The second-order valence-electron chi connectivity index (χ2n) is 5.04. The Morgan fingerprint density at radius 1 is 1.33 bits per heavy atom. The van der Waals surface area contributed by atoms with Gasteiger partial charge in [-0.05, 0) is 26.0 Å². The number of carbonyl (C=O) groups excluding carboxylic acids is 2. The number of amides is 1. The molecule has 0 radical (unpaired) electrons. The van der Waals surface area contributed by atoms with Crippen molar-refractivity contribution in [2.24, 2.45) is 0 Å². The van der Waals surface area contributed by atoms with Crippen molar-refractivity contribution < 1.29 is 27.5 Å². The Kier molecular flexibility index (Phi) is 5.10.